The van der Waals surface area contributed by atoms with Gasteiger partial charge in [0.2, 0.25) is 0 Å². The molecule has 0 atom stereocenters. The van der Waals surface area contributed by atoms with Crippen LogP contribution in [0.3, 0.4) is 0 Å². The number of hydrogen-bond donors (Lipinski definition) is 0. The molecule has 0 fully saturated rings. The van der Waals surface area contributed by atoms with Gasteiger partial charge in [0.1, 0.15) is 0 Å². The molecule has 0 unspecified atom stereocenters. The highest BCUT2D eigenvalue weighted by Gasteiger charge is 2.32. The fourth-order valence-corrected chi connectivity index (χ4v) is 8.15. The largest absolute Gasteiger partial charge is 0.310 e. The monoisotopic (exact) mass is 641 g/mol. The van der Waals surface area contributed by atoms with Crippen molar-refractivity contribution in [3.8, 4) is 44.5 Å². The van der Waals surface area contributed by atoms with Crippen LogP contribution in [0.1, 0.15) is 36.5 Å². The molecule has 0 N–H and O–H groups in total. The Morgan fingerprint density at radius 3 is 1.52 bits per heavy atom. The van der Waals surface area contributed by atoms with Crippen LogP contribution >= 0.6 is 0 Å². The summed E-state index contributed by atoms with van der Waals surface area (Å²) in [4.78, 5) is 2.46. The highest BCUT2D eigenvalue weighted by Crippen LogP contribution is 2.60. The Morgan fingerprint density at radius 1 is 0.420 bits per heavy atom. The molecule has 0 radical (unpaired) electrons. The van der Waals surface area contributed by atoms with Crippen molar-refractivity contribution in [3.63, 3.8) is 0 Å². The van der Waals surface area contributed by atoms with Crippen molar-refractivity contribution in [3.05, 3.63) is 174 Å². The molecule has 0 amide bonds. The molecular weight excluding hydrogens is 603 g/mol. The molecule has 8 aromatic rings. The van der Waals surface area contributed by atoms with E-state index in [0.717, 1.165) is 0 Å². The van der Waals surface area contributed by atoms with Crippen molar-refractivity contribution in [1.82, 2.24) is 0 Å². The average molecular weight is 642 g/mol. The fraction of sp³-hybridized carbons (Fsp3) is 0.102. The van der Waals surface area contributed by atoms with Gasteiger partial charge in [-0.25, -0.2) is 0 Å². The van der Waals surface area contributed by atoms with Crippen LogP contribution < -0.4 is 4.90 Å². The Hall–Kier alpha value is -5.92. The molecule has 0 aromatic heterocycles. The molecule has 1 nitrogen and oxygen atoms in total. The first-order valence-corrected chi connectivity index (χ1v) is 17.7. The summed E-state index contributed by atoms with van der Waals surface area (Å²) >= 11 is 0. The van der Waals surface area contributed by atoms with Gasteiger partial charge >= 0.3 is 0 Å². The molecule has 240 valence electrons. The SMILES string of the molecule is Cc1cccc(C)c1N(c1cccc(C(C)C)c1)c1ccc2cc3c(cc2c1)-c1c-3c(-c2ccccc2)c2ccccc2c1-c1ccccc1. The normalized spacial score (nSPS) is 11.8. The summed E-state index contributed by atoms with van der Waals surface area (Å²) < 4.78 is 0. The van der Waals surface area contributed by atoms with Gasteiger partial charge in [0.15, 0.2) is 0 Å². The van der Waals surface area contributed by atoms with Crippen LogP contribution in [0.2, 0.25) is 0 Å². The molecule has 0 heterocycles. The Balaban J connectivity index is 1.29. The van der Waals surface area contributed by atoms with Gasteiger partial charge in [-0.15, -0.1) is 0 Å². The third kappa shape index (κ3) is 4.76. The van der Waals surface area contributed by atoms with Crippen molar-refractivity contribution >= 4 is 38.6 Å². The van der Waals surface area contributed by atoms with Crippen LogP contribution in [-0.4, -0.2) is 0 Å². The van der Waals surface area contributed by atoms with E-state index in [2.05, 4.69) is 190 Å². The Bertz CT molecular complexity index is 2560. The molecule has 0 aliphatic heterocycles. The van der Waals surface area contributed by atoms with E-state index in [1.807, 2.05) is 0 Å². The van der Waals surface area contributed by atoms with Crippen LogP contribution in [0.5, 0.6) is 0 Å². The van der Waals surface area contributed by atoms with Crippen LogP contribution in [-0.2, 0) is 0 Å². The third-order valence-corrected chi connectivity index (χ3v) is 10.6. The maximum atomic E-state index is 2.46. The van der Waals surface area contributed by atoms with Gasteiger partial charge in [-0.1, -0.05) is 135 Å². The third-order valence-electron chi connectivity index (χ3n) is 10.6. The standard InChI is InChI=1S/C49H39N/c1-31(2)36-21-14-22-39(27-36)50(49-32(3)15-13-16-33(49)4)40-26-25-37-29-43-44(30-38(37)28-40)48-46(35-19-9-6-10-20-35)42-24-12-11-23-41(42)45(47(43)48)34-17-7-5-8-18-34/h5-31H,1-4H3. The molecule has 0 bridgehead atoms. The minimum Gasteiger partial charge on any atom is -0.310 e. The quantitative estimate of drug-likeness (QED) is 0.175. The number of rotatable bonds is 6. The predicted molar refractivity (Wildman–Crippen MR) is 215 cm³/mol. The Morgan fingerprint density at radius 2 is 0.940 bits per heavy atom. The van der Waals surface area contributed by atoms with Crippen molar-refractivity contribution in [1.29, 1.82) is 0 Å². The summed E-state index contributed by atoms with van der Waals surface area (Å²) in [7, 11) is 0. The van der Waals surface area contributed by atoms with E-state index in [9.17, 15) is 0 Å². The molecule has 1 heteroatoms. The highest BCUT2D eigenvalue weighted by molar-refractivity contribution is 6.26. The molecule has 1 aliphatic carbocycles. The number of fused-ring (bicyclic) bond motifs is 6. The lowest BCUT2D eigenvalue weighted by Gasteiger charge is -2.33. The number of nitrogens with zero attached hydrogens (tertiary/aromatic N) is 1. The van der Waals surface area contributed by atoms with Gasteiger partial charge in [-0.05, 0) is 139 Å². The minimum atomic E-state index is 0.445. The van der Waals surface area contributed by atoms with E-state index in [1.165, 1.54) is 99.8 Å². The Labute approximate surface area is 295 Å². The highest BCUT2D eigenvalue weighted by atomic mass is 15.1. The second kappa shape index (κ2) is 11.9. The molecule has 8 aromatic carbocycles. The lowest BCUT2D eigenvalue weighted by molar-refractivity contribution is 0.866. The molecule has 0 saturated carbocycles. The maximum Gasteiger partial charge on any atom is 0.0519 e. The number of benzene rings is 8. The van der Waals surface area contributed by atoms with Crippen molar-refractivity contribution in [2.45, 2.75) is 33.6 Å². The summed E-state index contributed by atoms with van der Waals surface area (Å²) in [6.45, 7) is 8.98. The molecule has 0 spiro atoms. The summed E-state index contributed by atoms with van der Waals surface area (Å²) in [5, 5.41) is 5.09. The smallest absolute Gasteiger partial charge is 0.0519 e. The van der Waals surface area contributed by atoms with Crippen LogP contribution in [0, 0.1) is 13.8 Å². The van der Waals surface area contributed by atoms with E-state index in [1.54, 1.807) is 0 Å². The first-order valence-electron chi connectivity index (χ1n) is 17.7. The van der Waals surface area contributed by atoms with Gasteiger partial charge in [-0.3, -0.25) is 0 Å². The van der Waals surface area contributed by atoms with E-state index in [0.29, 0.717) is 5.92 Å². The zero-order valence-corrected chi connectivity index (χ0v) is 29.0. The van der Waals surface area contributed by atoms with Crippen LogP contribution in [0.15, 0.2) is 158 Å². The van der Waals surface area contributed by atoms with E-state index in [-0.39, 0.29) is 0 Å². The molecule has 9 rings (SSSR count). The topological polar surface area (TPSA) is 3.24 Å². The van der Waals surface area contributed by atoms with Crippen molar-refractivity contribution in [2.24, 2.45) is 0 Å². The van der Waals surface area contributed by atoms with Crippen molar-refractivity contribution in [2.75, 3.05) is 4.90 Å². The zero-order chi connectivity index (χ0) is 33.9. The lowest BCUT2D eigenvalue weighted by atomic mass is 9.70. The predicted octanol–water partition coefficient (Wildman–Crippen LogP) is 14.2. The fourth-order valence-electron chi connectivity index (χ4n) is 8.15. The summed E-state index contributed by atoms with van der Waals surface area (Å²) in [6, 6.07) is 58.4. The van der Waals surface area contributed by atoms with E-state index >= 15 is 0 Å². The van der Waals surface area contributed by atoms with Gasteiger partial charge in [0.05, 0.1) is 5.69 Å². The second-order valence-corrected chi connectivity index (χ2v) is 14.0. The number of hydrogen-bond acceptors (Lipinski definition) is 1. The molecular formula is C49H39N. The van der Waals surface area contributed by atoms with E-state index < -0.39 is 0 Å². The minimum absolute atomic E-state index is 0.445. The summed E-state index contributed by atoms with van der Waals surface area (Å²) in [5.74, 6) is 0.445. The van der Waals surface area contributed by atoms with Crippen LogP contribution in [0.4, 0.5) is 17.1 Å². The Kier molecular flexibility index (Phi) is 7.18. The van der Waals surface area contributed by atoms with Crippen LogP contribution in [0.25, 0.3) is 66.1 Å². The number of anilines is 3. The van der Waals surface area contributed by atoms with Gasteiger partial charge in [0, 0.05) is 11.4 Å². The number of aryl methyl sites for hydroxylation is 2. The molecule has 0 saturated heterocycles. The van der Waals surface area contributed by atoms with Gasteiger partial charge in [-0.2, -0.15) is 0 Å². The summed E-state index contributed by atoms with van der Waals surface area (Å²) in [6.07, 6.45) is 0. The lowest BCUT2D eigenvalue weighted by Crippen LogP contribution is -2.13. The maximum absolute atomic E-state index is 2.46. The first kappa shape index (κ1) is 30.2. The summed E-state index contributed by atoms with van der Waals surface area (Å²) in [5.41, 5.74) is 18.0. The second-order valence-electron chi connectivity index (χ2n) is 14.0. The molecule has 1 aliphatic rings. The first-order chi connectivity index (χ1) is 24.5. The van der Waals surface area contributed by atoms with E-state index in [4.69, 9.17) is 0 Å². The molecule has 50 heavy (non-hydrogen) atoms. The van der Waals surface area contributed by atoms with Gasteiger partial charge < -0.3 is 4.90 Å². The van der Waals surface area contributed by atoms with Gasteiger partial charge in [0.25, 0.3) is 0 Å². The van der Waals surface area contributed by atoms with Crippen molar-refractivity contribution < 1.29 is 0 Å². The number of para-hydroxylation sites is 1. The average Bonchev–Trinajstić information content (AvgIpc) is 3.15. The zero-order valence-electron chi connectivity index (χ0n) is 29.0.